The van der Waals surface area contributed by atoms with Crippen LogP contribution in [-0.2, 0) is 11.3 Å². The molecule has 0 aliphatic carbocycles. The fourth-order valence-electron chi connectivity index (χ4n) is 2.18. The molecule has 19 heavy (non-hydrogen) atoms. The smallest absolute Gasteiger partial charge is 0.237 e. The average molecular weight is 327 g/mol. The molecule has 1 aliphatic heterocycles. The predicted octanol–water partition coefficient (Wildman–Crippen LogP) is 2.22. The van der Waals surface area contributed by atoms with E-state index in [0.29, 0.717) is 6.54 Å². The van der Waals surface area contributed by atoms with E-state index in [2.05, 4.69) is 26.6 Å². The van der Waals surface area contributed by atoms with E-state index >= 15 is 0 Å². The molecule has 1 aromatic carbocycles. The van der Waals surface area contributed by atoms with E-state index in [9.17, 15) is 4.79 Å². The highest BCUT2D eigenvalue weighted by molar-refractivity contribution is 9.10. The predicted molar refractivity (Wildman–Crippen MR) is 78.2 cm³/mol. The molecule has 0 radical (unpaired) electrons. The van der Waals surface area contributed by atoms with Crippen LogP contribution in [0.25, 0.3) is 0 Å². The second-order valence-corrected chi connectivity index (χ2v) is 5.53. The van der Waals surface area contributed by atoms with Crippen LogP contribution in [0.1, 0.15) is 24.8 Å². The van der Waals surface area contributed by atoms with Crippen molar-refractivity contribution in [3.63, 3.8) is 0 Å². The van der Waals surface area contributed by atoms with Crippen molar-refractivity contribution in [3.05, 3.63) is 28.2 Å². The van der Waals surface area contributed by atoms with E-state index in [1.54, 1.807) is 7.11 Å². The quantitative estimate of drug-likeness (QED) is 0.892. The van der Waals surface area contributed by atoms with Crippen molar-refractivity contribution in [3.8, 4) is 5.75 Å². The Bertz CT molecular complexity index is 451. The van der Waals surface area contributed by atoms with Crippen molar-refractivity contribution in [2.75, 3.05) is 13.7 Å². The van der Waals surface area contributed by atoms with Crippen molar-refractivity contribution < 1.29 is 9.53 Å². The number of methoxy groups -OCH3 is 1. The number of halogens is 1. The van der Waals surface area contributed by atoms with Crippen LogP contribution in [0.3, 0.4) is 0 Å². The summed E-state index contributed by atoms with van der Waals surface area (Å²) in [6, 6.07) is 5.75. The molecule has 5 heteroatoms. The molecular weight excluding hydrogens is 308 g/mol. The molecule has 1 aliphatic rings. The van der Waals surface area contributed by atoms with Gasteiger partial charge in [0.05, 0.1) is 13.2 Å². The van der Waals surface area contributed by atoms with Gasteiger partial charge in [-0.2, -0.15) is 0 Å². The Morgan fingerprint density at radius 2 is 2.32 bits per heavy atom. The lowest BCUT2D eigenvalue weighted by molar-refractivity contribution is -0.122. The maximum Gasteiger partial charge on any atom is 0.237 e. The van der Waals surface area contributed by atoms with Gasteiger partial charge in [-0.1, -0.05) is 15.9 Å². The second kappa shape index (κ2) is 6.91. The molecule has 2 rings (SSSR count). The van der Waals surface area contributed by atoms with Gasteiger partial charge in [-0.05, 0) is 43.0 Å². The summed E-state index contributed by atoms with van der Waals surface area (Å²) in [6.45, 7) is 1.44. The van der Waals surface area contributed by atoms with Gasteiger partial charge in [0.2, 0.25) is 5.91 Å². The van der Waals surface area contributed by atoms with Gasteiger partial charge >= 0.3 is 0 Å². The van der Waals surface area contributed by atoms with Gasteiger partial charge in [0.15, 0.2) is 0 Å². The Hall–Kier alpha value is -1.07. The summed E-state index contributed by atoms with van der Waals surface area (Å²) in [7, 11) is 1.65. The molecule has 1 unspecified atom stereocenters. The van der Waals surface area contributed by atoms with Gasteiger partial charge < -0.3 is 15.4 Å². The van der Waals surface area contributed by atoms with Crippen LogP contribution >= 0.6 is 15.9 Å². The van der Waals surface area contributed by atoms with Gasteiger partial charge in [0.1, 0.15) is 5.75 Å². The van der Waals surface area contributed by atoms with E-state index in [1.165, 1.54) is 0 Å². The van der Waals surface area contributed by atoms with Gasteiger partial charge in [0.25, 0.3) is 0 Å². The Morgan fingerprint density at radius 1 is 1.47 bits per heavy atom. The number of hydrogen-bond acceptors (Lipinski definition) is 3. The van der Waals surface area contributed by atoms with Crippen LogP contribution in [0.4, 0.5) is 0 Å². The Balaban J connectivity index is 1.99. The molecule has 1 heterocycles. The first-order valence-corrected chi connectivity index (χ1v) is 7.33. The minimum Gasteiger partial charge on any atom is -0.497 e. The fourth-order valence-corrected chi connectivity index (χ4v) is 2.57. The summed E-state index contributed by atoms with van der Waals surface area (Å²) in [5, 5.41) is 6.25. The molecule has 1 saturated heterocycles. The monoisotopic (exact) mass is 326 g/mol. The minimum atomic E-state index is -0.0967. The fraction of sp³-hybridized carbons (Fsp3) is 0.500. The molecule has 1 aromatic rings. The maximum atomic E-state index is 11.8. The lowest BCUT2D eigenvalue weighted by Gasteiger charge is -2.16. The molecule has 1 fully saturated rings. The summed E-state index contributed by atoms with van der Waals surface area (Å²) in [4.78, 5) is 11.8. The first-order valence-electron chi connectivity index (χ1n) is 6.54. The topological polar surface area (TPSA) is 50.4 Å². The summed E-state index contributed by atoms with van der Waals surface area (Å²) in [6.07, 6.45) is 3.04. The normalized spacial score (nSPS) is 19.7. The summed E-state index contributed by atoms with van der Waals surface area (Å²) < 4.78 is 6.24. The molecule has 2 N–H and O–H groups in total. The van der Waals surface area contributed by atoms with Crippen LogP contribution in [0.15, 0.2) is 22.7 Å². The van der Waals surface area contributed by atoms with Crippen molar-refractivity contribution in [2.24, 2.45) is 0 Å². The Labute approximate surface area is 122 Å². The molecule has 0 bridgehead atoms. The number of carbonyl (C=O) groups is 1. The van der Waals surface area contributed by atoms with E-state index in [-0.39, 0.29) is 11.9 Å². The summed E-state index contributed by atoms with van der Waals surface area (Å²) in [5.74, 6) is 0.932. The van der Waals surface area contributed by atoms with Crippen molar-refractivity contribution in [2.45, 2.75) is 31.8 Å². The number of rotatable bonds is 4. The van der Waals surface area contributed by atoms with Crippen LogP contribution in [-0.4, -0.2) is 25.6 Å². The van der Waals surface area contributed by atoms with E-state index in [1.807, 2.05) is 18.2 Å². The van der Waals surface area contributed by atoms with Crippen LogP contribution in [0.5, 0.6) is 5.75 Å². The highest BCUT2D eigenvalue weighted by Gasteiger charge is 2.19. The lowest BCUT2D eigenvalue weighted by Crippen LogP contribution is -2.42. The summed E-state index contributed by atoms with van der Waals surface area (Å²) >= 11 is 3.52. The minimum absolute atomic E-state index is 0.0967. The molecule has 0 spiro atoms. The highest BCUT2D eigenvalue weighted by Crippen LogP contribution is 2.22. The lowest BCUT2D eigenvalue weighted by atomic mass is 10.1. The molecule has 1 atom stereocenters. The van der Waals surface area contributed by atoms with Gasteiger partial charge in [0, 0.05) is 17.6 Å². The van der Waals surface area contributed by atoms with Gasteiger partial charge in [-0.15, -0.1) is 0 Å². The zero-order valence-electron chi connectivity index (χ0n) is 11.0. The van der Waals surface area contributed by atoms with Crippen LogP contribution in [0, 0.1) is 0 Å². The first kappa shape index (κ1) is 14.3. The van der Waals surface area contributed by atoms with E-state index in [0.717, 1.165) is 41.6 Å². The van der Waals surface area contributed by atoms with Gasteiger partial charge in [-0.3, -0.25) is 4.79 Å². The zero-order chi connectivity index (χ0) is 13.7. The van der Waals surface area contributed by atoms with Crippen molar-refractivity contribution in [1.29, 1.82) is 0 Å². The third-order valence-electron chi connectivity index (χ3n) is 3.33. The Morgan fingerprint density at radius 3 is 3.11 bits per heavy atom. The highest BCUT2D eigenvalue weighted by atomic mass is 79.9. The molecule has 1 amide bonds. The number of carbonyl (C=O) groups excluding carboxylic acids is 1. The number of nitrogens with one attached hydrogen (secondary N) is 2. The second-order valence-electron chi connectivity index (χ2n) is 4.68. The number of benzene rings is 1. The van der Waals surface area contributed by atoms with E-state index < -0.39 is 0 Å². The maximum absolute atomic E-state index is 11.8. The third kappa shape index (κ3) is 3.94. The van der Waals surface area contributed by atoms with Crippen LogP contribution < -0.4 is 15.4 Å². The van der Waals surface area contributed by atoms with Gasteiger partial charge in [-0.25, -0.2) is 0 Å². The average Bonchev–Trinajstić information content (AvgIpc) is 2.63. The van der Waals surface area contributed by atoms with Crippen LogP contribution in [0.2, 0.25) is 0 Å². The number of ether oxygens (including phenoxy) is 1. The van der Waals surface area contributed by atoms with Crippen molar-refractivity contribution >= 4 is 21.8 Å². The molecule has 104 valence electrons. The third-order valence-corrected chi connectivity index (χ3v) is 4.10. The molecule has 0 aromatic heterocycles. The largest absolute Gasteiger partial charge is 0.497 e. The first-order chi connectivity index (χ1) is 9.20. The van der Waals surface area contributed by atoms with E-state index in [4.69, 9.17) is 4.74 Å². The Kier molecular flexibility index (Phi) is 5.22. The molecular formula is C14H19BrN2O2. The molecule has 4 nitrogen and oxygen atoms in total. The SMILES string of the molecule is COc1ccc(Br)c(CNC2CCCCNC2=O)c1. The number of hydrogen-bond donors (Lipinski definition) is 2. The summed E-state index contributed by atoms with van der Waals surface area (Å²) in [5.41, 5.74) is 1.09. The molecule has 0 saturated carbocycles. The standard InChI is InChI=1S/C14H19BrN2O2/c1-19-11-5-6-12(15)10(8-11)9-17-13-4-2-3-7-16-14(13)18/h5-6,8,13,17H,2-4,7,9H2,1H3,(H,16,18). The zero-order valence-corrected chi connectivity index (χ0v) is 12.6. The number of amides is 1. The van der Waals surface area contributed by atoms with Crippen molar-refractivity contribution in [1.82, 2.24) is 10.6 Å².